The van der Waals surface area contributed by atoms with Crippen molar-refractivity contribution in [2.45, 2.75) is 6.92 Å². The Morgan fingerprint density at radius 2 is 1.65 bits per heavy atom. The van der Waals surface area contributed by atoms with E-state index in [4.69, 9.17) is 0 Å². The lowest BCUT2D eigenvalue weighted by atomic mass is 10.2. The van der Waals surface area contributed by atoms with Crippen LogP contribution in [-0.2, 0) is 0 Å². The number of nitrogens with zero attached hydrogens (tertiary/aromatic N) is 2. The van der Waals surface area contributed by atoms with E-state index in [1.807, 2.05) is 0 Å². The first-order valence-corrected chi connectivity index (χ1v) is 5.55. The van der Waals surface area contributed by atoms with Crippen LogP contribution < -0.4 is 10.6 Å². The predicted molar refractivity (Wildman–Crippen MR) is 65.9 cm³/mol. The zero-order valence-electron chi connectivity index (χ0n) is 10.6. The van der Waals surface area contributed by atoms with Gasteiger partial charge in [-0.05, 0) is 6.92 Å². The summed E-state index contributed by atoms with van der Waals surface area (Å²) in [6, 6.07) is 0.141. The Labute approximate surface area is 111 Å². The fraction of sp³-hybridized carbons (Fsp3) is 0.167. The average molecular weight is 286 g/mol. The van der Waals surface area contributed by atoms with Crippen LogP contribution in [0.3, 0.4) is 0 Å². The first-order valence-electron chi connectivity index (χ1n) is 5.55. The zero-order chi connectivity index (χ0) is 14.9. The maximum atomic E-state index is 13.5. The van der Waals surface area contributed by atoms with E-state index in [2.05, 4.69) is 20.6 Å². The molecule has 1 aromatic heterocycles. The lowest BCUT2D eigenvalue weighted by molar-refractivity contribution is 0.459. The van der Waals surface area contributed by atoms with Crippen LogP contribution in [0.1, 0.15) is 5.56 Å². The smallest absolute Gasteiger partial charge is 0.224 e. The number of aromatic nitrogens is 2. The molecule has 1 aromatic carbocycles. The Balaban J connectivity index is 2.50. The average Bonchev–Trinajstić information content (AvgIpc) is 2.43. The summed E-state index contributed by atoms with van der Waals surface area (Å²) in [6.07, 6.45) is 1.40. The summed E-state index contributed by atoms with van der Waals surface area (Å²) in [5.74, 6) is -5.80. The molecule has 0 fully saturated rings. The third-order valence-corrected chi connectivity index (χ3v) is 2.55. The monoisotopic (exact) mass is 286 g/mol. The van der Waals surface area contributed by atoms with Crippen molar-refractivity contribution in [3.05, 3.63) is 41.1 Å². The van der Waals surface area contributed by atoms with Gasteiger partial charge in [-0.15, -0.1) is 0 Å². The largest absolute Gasteiger partial charge is 0.357 e. The number of aryl methyl sites for hydroxylation is 1. The highest BCUT2D eigenvalue weighted by molar-refractivity contribution is 5.61. The van der Waals surface area contributed by atoms with Gasteiger partial charge in [-0.2, -0.15) is 4.98 Å². The molecule has 0 radical (unpaired) electrons. The number of hydrogen-bond acceptors (Lipinski definition) is 4. The maximum Gasteiger partial charge on any atom is 0.224 e. The minimum atomic E-state index is -1.52. The van der Waals surface area contributed by atoms with Crippen molar-refractivity contribution in [1.29, 1.82) is 0 Å². The molecule has 2 aromatic rings. The van der Waals surface area contributed by atoms with E-state index in [1.54, 1.807) is 14.0 Å². The molecule has 0 spiro atoms. The van der Waals surface area contributed by atoms with Crippen molar-refractivity contribution < 1.29 is 17.6 Å². The minimum Gasteiger partial charge on any atom is -0.357 e. The van der Waals surface area contributed by atoms with Crippen molar-refractivity contribution in [1.82, 2.24) is 9.97 Å². The predicted octanol–water partition coefficient (Wildman–Crippen LogP) is 3.13. The van der Waals surface area contributed by atoms with Gasteiger partial charge in [-0.3, -0.25) is 0 Å². The van der Waals surface area contributed by atoms with Crippen molar-refractivity contribution in [2.75, 3.05) is 17.7 Å². The Morgan fingerprint density at radius 1 is 1.05 bits per heavy atom. The lowest BCUT2D eigenvalue weighted by Gasteiger charge is -2.12. The number of benzene rings is 1. The third kappa shape index (κ3) is 2.49. The second-order valence-corrected chi connectivity index (χ2v) is 3.94. The lowest BCUT2D eigenvalue weighted by Crippen LogP contribution is -2.07. The summed E-state index contributed by atoms with van der Waals surface area (Å²) in [7, 11) is 1.55. The summed E-state index contributed by atoms with van der Waals surface area (Å²) in [4.78, 5) is 7.80. The van der Waals surface area contributed by atoms with Gasteiger partial charge in [0.2, 0.25) is 5.95 Å². The summed E-state index contributed by atoms with van der Waals surface area (Å²) < 4.78 is 53.3. The number of rotatable bonds is 3. The van der Waals surface area contributed by atoms with E-state index in [0.29, 0.717) is 5.56 Å². The highest BCUT2D eigenvalue weighted by atomic mass is 19.2. The number of anilines is 3. The third-order valence-electron chi connectivity index (χ3n) is 2.55. The van der Waals surface area contributed by atoms with E-state index in [1.165, 1.54) is 6.20 Å². The minimum absolute atomic E-state index is 0.0344. The molecule has 0 aliphatic rings. The van der Waals surface area contributed by atoms with Gasteiger partial charge < -0.3 is 10.6 Å². The molecule has 1 heterocycles. The Hall–Kier alpha value is -2.38. The molecule has 0 saturated carbocycles. The van der Waals surface area contributed by atoms with Crippen molar-refractivity contribution >= 4 is 17.5 Å². The molecule has 0 amide bonds. The quantitative estimate of drug-likeness (QED) is 0.672. The zero-order valence-corrected chi connectivity index (χ0v) is 10.6. The second kappa shape index (κ2) is 5.32. The van der Waals surface area contributed by atoms with E-state index in [0.717, 1.165) is 0 Å². The van der Waals surface area contributed by atoms with Gasteiger partial charge in [-0.1, -0.05) is 0 Å². The standard InChI is InChI=1S/C12H10F4N4/c1-5-4-18-12(17-2)20-11(5)19-10-8(15)6(13)3-7(14)9(10)16/h3-4H,1-2H3,(H2,17,18,19,20). The first-order chi connectivity index (χ1) is 9.43. The van der Waals surface area contributed by atoms with Gasteiger partial charge in [0.15, 0.2) is 23.3 Å². The molecular formula is C12H10F4N4. The molecule has 4 nitrogen and oxygen atoms in total. The van der Waals surface area contributed by atoms with Crippen molar-refractivity contribution in [2.24, 2.45) is 0 Å². The van der Waals surface area contributed by atoms with Crippen LogP contribution in [0.2, 0.25) is 0 Å². The van der Waals surface area contributed by atoms with E-state index in [-0.39, 0.29) is 17.8 Å². The van der Waals surface area contributed by atoms with E-state index >= 15 is 0 Å². The molecule has 2 rings (SSSR count). The first kappa shape index (κ1) is 14.0. The highest BCUT2D eigenvalue weighted by Crippen LogP contribution is 2.28. The molecular weight excluding hydrogens is 276 g/mol. The number of nitrogens with one attached hydrogen (secondary N) is 2. The molecule has 8 heteroatoms. The van der Waals surface area contributed by atoms with Crippen LogP contribution in [0.4, 0.5) is 35.0 Å². The van der Waals surface area contributed by atoms with Crippen LogP contribution in [-0.4, -0.2) is 17.0 Å². The highest BCUT2D eigenvalue weighted by Gasteiger charge is 2.20. The number of hydrogen-bond donors (Lipinski definition) is 2. The molecule has 0 saturated heterocycles. The summed E-state index contributed by atoms with van der Waals surface area (Å²) >= 11 is 0. The van der Waals surface area contributed by atoms with E-state index < -0.39 is 29.0 Å². The van der Waals surface area contributed by atoms with Crippen LogP contribution in [0.5, 0.6) is 0 Å². The topological polar surface area (TPSA) is 49.8 Å². The van der Waals surface area contributed by atoms with Crippen LogP contribution in [0, 0.1) is 30.2 Å². The summed E-state index contributed by atoms with van der Waals surface area (Å²) in [5, 5.41) is 4.88. The Kier molecular flexibility index (Phi) is 3.73. The van der Waals surface area contributed by atoms with Crippen LogP contribution >= 0.6 is 0 Å². The fourth-order valence-corrected chi connectivity index (χ4v) is 1.49. The molecule has 0 aliphatic heterocycles. The maximum absolute atomic E-state index is 13.5. The van der Waals surface area contributed by atoms with Gasteiger partial charge in [0.05, 0.1) is 0 Å². The van der Waals surface area contributed by atoms with Crippen LogP contribution in [0.25, 0.3) is 0 Å². The normalized spacial score (nSPS) is 10.5. The molecule has 0 unspecified atom stereocenters. The molecule has 0 bridgehead atoms. The number of halogens is 4. The summed E-state index contributed by atoms with van der Waals surface area (Å²) in [5.41, 5.74) is -0.487. The Morgan fingerprint density at radius 3 is 2.20 bits per heavy atom. The van der Waals surface area contributed by atoms with Gasteiger partial charge >= 0.3 is 0 Å². The molecule has 2 N–H and O–H groups in total. The fourth-order valence-electron chi connectivity index (χ4n) is 1.49. The van der Waals surface area contributed by atoms with Gasteiger partial charge in [0.25, 0.3) is 0 Å². The van der Waals surface area contributed by atoms with E-state index in [9.17, 15) is 17.6 Å². The van der Waals surface area contributed by atoms with Gasteiger partial charge in [0, 0.05) is 24.9 Å². The van der Waals surface area contributed by atoms with Crippen LogP contribution in [0.15, 0.2) is 12.3 Å². The molecule has 0 atom stereocenters. The molecule has 0 aliphatic carbocycles. The van der Waals surface area contributed by atoms with Gasteiger partial charge in [-0.25, -0.2) is 22.5 Å². The second-order valence-electron chi connectivity index (χ2n) is 3.94. The Bertz CT molecular complexity index is 634. The molecule has 106 valence electrons. The SMILES string of the molecule is CNc1ncc(C)c(Nc2c(F)c(F)cc(F)c2F)n1. The van der Waals surface area contributed by atoms with Crippen molar-refractivity contribution in [3.63, 3.8) is 0 Å². The van der Waals surface area contributed by atoms with Gasteiger partial charge in [0.1, 0.15) is 11.5 Å². The van der Waals surface area contributed by atoms with Crippen molar-refractivity contribution in [3.8, 4) is 0 Å². The molecule has 20 heavy (non-hydrogen) atoms. The summed E-state index contributed by atoms with van der Waals surface area (Å²) in [6.45, 7) is 1.58.